The second-order valence-electron chi connectivity index (χ2n) is 7.69. The van der Waals surface area contributed by atoms with Gasteiger partial charge in [0.15, 0.2) is 0 Å². The highest BCUT2D eigenvalue weighted by molar-refractivity contribution is 5.72. The second kappa shape index (κ2) is 10.5. The second-order valence-corrected chi connectivity index (χ2v) is 7.69. The molecule has 0 heterocycles. The Morgan fingerprint density at radius 1 is 1.04 bits per heavy atom. The summed E-state index contributed by atoms with van der Waals surface area (Å²) in [6.45, 7) is 2.25. The quantitative estimate of drug-likeness (QED) is 0.453. The minimum atomic E-state index is 0.0744. The third kappa shape index (κ3) is 6.30. The molecule has 0 bridgehead atoms. The number of rotatable bonds is 7. The van der Waals surface area contributed by atoms with Crippen molar-refractivity contribution in [2.24, 2.45) is 17.8 Å². The number of carbonyl (C=O) groups excluding carboxylic acids is 1. The van der Waals surface area contributed by atoms with Gasteiger partial charge in [-0.2, -0.15) is 5.26 Å². The number of allylic oxidation sites excluding steroid dienone is 2. The summed E-state index contributed by atoms with van der Waals surface area (Å²) in [5.41, 5.74) is 0. The molecule has 0 aromatic heterocycles. The Kier molecular flexibility index (Phi) is 8.36. The van der Waals surface area contributed by atoms with E-state index in [9.17, 15) is 4.79 Å². The summed E-state index contributed by atoms with van der Waals surface area (Å²) in [6.07, 6.45) is 17.2. The largest absolute Gasteiger partial charge is 0.462 e. The first-order valence-corrected chi connectivity index (χ1v) is 9.98. The standard InChI is InChI=1S/C21H33NO2/c1-2-6-17-8-12-19(13-9-17)21(23)24-20-14-10-18(11-15-20)7-4-3-5-16-22/h3,5,17-20H,2,4,6-15H2,1H3/t17-,18-,19-,20-. The highest BCUT2D eigenvalue weighted by Gasteiger charge is 2.30. The van der Waals surface area contributed by atoms with Crippen LogP contribution in [0.2, 0.25) is 0 Å². The summed E-state index contributed by atoms with van der Waals surface area (Å²) in [5.74, 6) is 1.80. The van der Waals surface area contributed by atoms with E-state index in [2.05, 4.69) is 6.92 Å². The molecule has 2 aliphatic carbocycles. The normalized spacial score (nSPS) is 30.8. The number of hydrogen-bond acceptors (Lipinski definition) is 3. The molecule has 3 nitrogen and oxygen atoms in total. The molecule has 0 aliphatic heterocycles. The van der Waals surface area contributed by atoms with Crippen molar-refractivity contribution in [3.63, 3.8) is 0 Å². The van der Waals surface area contributed by atoms with Crippen molar-refractivity contribution in [2.75, 3.05) is 0 Å². The minimum Gasteiger partial charge on any atom is -0.462 e. The lowest BCUT2D eigenvalue weighted by atomic mass is 9.80. The topological polar surface area (TPSA) is 50.1 Å². The lowest BCUT2D eigenvalue weighted by Crippen LogP contribution is -2.30. The van der Waals surface area contributed by atoms with Crippen LogP contribution in [-0.4, -0.2) is 12.1 Å². The van der Waals surface area contributed by atoms with Crippen molar-refractivity contribution in [1.82, 2.24) is 0 Å². The first-order chi connectivity index (χ1) is 11.7. The van der Waals surface area contributed by atoms with Crippen LogP contribution in [0.15, 0.2) is 12.2 Å². The van der Waals surface area contributed by atoms with Crippen LogP contribution in [0.4, 0.5) is 0 Å². The zero-order valence-corrected chi connectivity index (χ0v) is 15.2. The molecule has 2 rings (SSSR count). The van der Waals surface area contributed by atoms with Crippen LogP contribution in [0, 0.1) is 29.1 Å². The third-order valence-corrected chi connectivity index (χ3v) is 5.89. The van der Waals surface area contributed by atoms with Crippen molar-refractivity contribution >= 4 is 5.97 Å². The Morgan fingerprint density at radius 3 is 2.29 bits per heavy atom. The van der Waals surface area contributed by atoms with Crippen LogP contribution < -0.4 is 0 Å². The lowest BCUT2D eigenvalue weighted by Gasteiger charge is -2.31. The maximum absolute atomic E-state index is 12.4. The zero-order valence-electron chi connectivity index (χ0n) is 15.2. The monoisotopic (exact) mass is 331 g/mol. The van der Waals surface area contributed by atoms with Crippen molar-refractivity contribution in [1.29, 1.82) is 5.26 Å². The van der Waals surface area contributed by atoms with E-state index in [0.29, 0.717) is 0 Å². The number of nitrogens with zero attached hydrogens (tertiary/aromatic N) is 1. The Morgan fingerprint density at radius 2 is 1.67 bits per heavy atom. The Balaban J connectivity index is 1.62. The highest BCUT2D eigenvalue weighted by atomic mass is 16.5. The maximum Gasteiger partial charge on any atom is 0.309 e. The number of esters is 1. The molecule has 0 amide bonds. The smallest absolute Gasteiger partial charge is 0.309 e. The van der Waals surface area contributed by atoms with Gasteiger partial charge in [-0.3, -0.25) is 4.79 Å². The van der Waals surface area contributed by atoms with Gasteiger partial charge in [-0.25, -0.2) is 0 Å². The molecule has 134 valence electrons. The zero-order chi connectivity index (χ0) is 17.2. The van der Waals surface area contributed by atoms with Gasteiger partial charge in [0.25, 0.3) is 0 Å². The molecular weight excluding hydrogens is 298 g/mol. The molecule has 0 aromatic carbocycles. The van der Waals surface area contributed by atoms with Gasteiger partial charge in [-0.05, 0) is 76.0 Å². The number of hydrogen-bond donors (Lipinski definition) is 0. The summed E-state index contributed by atoms with van der Waals surface area (Å²) in [7, 11) is 0. The van der Waals surface area contributed by atoms with Crippen LogP contribution in [0.5, 0.6) is 0 Å². The van der Waals surface area contributed by atoms with E-state index in [1.807, 2.05) is 12.1 Å². The van der Waals surface area contributed by atoms with Crippen molar-refractivity contribution in [3.8, 4) is 6.07 Å². The molecule has 2 fully saturated rings. The molecule has 0 radical (unpaired) electrons. The molecule has 3 heteroatoms. The molecule has 0 atom stereocenters. The first kappa shape index (κ1) is 19.0. The molecule has 0 aromatic rings. The number of ether oxygens (including phenoxy) is 1. The number of nitriles is 1. The molecule has 0 unspecified atom stereocenters. The fourth-order valence-electron chi connectivity index (χ4n) is 4.36. The van der Waals surface area contributed by atoms with E-state index in [-0.39, 0.29) is 18.0 Å². The van der Waals surface area contributed by atoms with Gasteiger partial charge in [0.1, 0.15) is 6.10 Å². The Bertz CT molecular complexity index is 435. The van der Waals surface area contributed by atoms with Crippen LogP contribution in [-0.2, 0) is 9.53 Å². The van der Waals surface area contributed by atoms with Gasteiger partial charge in [-0.1, -0.05) is 25.8 Å². The summed E-state index contributed by atoms with van der Waals surface area (Å²) in [4.78, 5) is 12.4. The summed E-state index contributed by atoms with van der Waals surface area (Å²) >= 11 is 0. The molecule has 0 N–H and O–H groups in total. The average Bonchev–Trinajstić information content (AvgIpc) is 2.61. The van der Waals surface area contributed by atoms with Gasteiger partial charge in [0, 0.05) is 6.08 Å². The van der Waals surface area contributed by atoms with Crippen LogP contribution in [0.25, 0.3) is 0 Å². The molecular formula is C21H33NO2. The van der Waals surface area contributed by atoms with E-state index in [1.165, 1.54) is 25.7 Å². The van der Waals surface area contributed by atoms with Gasteiger partial charge in [-0.15, -0.1) is 0 Å². The van der Waals surface area contributed by atoms with Crippen molar-refractivity contribution in [2.45, 2.75) is 90.1 Å². The average molecular weight is 332 g/mol. The molecule has 2 aliphatic rings. The SMILES string of the molecule is CCC[C@H]1CC[C@H](C(=O)O[C@H]2CC[C@H](CCC=CC#N)CC2)CC1. The lowest BCUT2D eigenvalue weighted by molar-refractivity contribution is -0.157. The molecule has 0 spiro atoms. The van der Waals surface area contributed by atoms with Crippen LogP contribution in [0.3, 0.4) is 0 Å². The van der Waals surface area contributed by atoms with Gasteiger partial charge < -0.3 is 4.74 Å². The maximum atomic E-state index is 12.4. The third-order valence-electron chi connectivity index (χ3n) is 5.89. The molecule has 2 saturated carbocycles. The fourth-order valence-corrected chi connectivity index (χ4v) is 4.36. The summed E-state index contributed by atoms with van der Waals surface area (Å²) < 4.78 is 5.82. The number of carbonyl (C=O) groups is 1. The van der Waals surface area contributed by atoms with E-state index < -0.39 is 0 Å². The molecule has 0 saturated heterocycles. The predicted molar refractivity (Wildman–Crippen MR) is 96.2 cm³/mol. The summed E-state index contributed by atoms with van der Waals surface area (Å²) in [6, 6.07) is 2.04. The predicted octanol–water partition coefficient (Wildman–Crippen LogP) is 5.55. The van der Waals surface area contributed by atoms with E-state index in [4.69, 9.17) is 10.00 Å². The van der Waals surface area contributed by atoms with Crippen LogP contribution >= 0.6 is 0 Å². The van der Waals surface area contributed by atoms with Gasteiger partial charge >= 0.3 is 5.97 Å². The minimum absolute atomic E-state index is 0.0744. The van der Waals surface area contributed by atoms with Crippen LogP contribution in [0.1, 0.15) is 84.0 Å². The van der Waals surface area contributed by atoms with Crippen molar-refractivity contribution in [3.05, 3.63) is 12.2 Å². The van der Waals surface area contributed by atoms with E-state index in [1.54, 1.807) is 6.08 Å². The van der Waals surface area contributed by atoms with E-state index in [0.717, 1.165) is 63.2 Å². The Labute approximate surface area is 147 Å². The van der Waals surface area contributed by atoms with E-state index >= 15 is 0 Å². The van der Waals surface area contributed by atoms with Gasteiger partial charge in [0.2, 0.25) is 0 Å². The fraction of sp³-hybridized carbons (Fsp3) is 0.810. The van der Waals surface area contributed by atoms with Crippen molar-refractivity contribution < 1.29 is 9.53 Å². The summed E-state index contributed by atoms with van der Waals surface area (Å²) in [5, 5.41) is 8.49. The van der Waals surface area contributed by atoms with Gasteiger partial charge in [0.05, 0.1) is 12.0 Å². The Hall–Kier alpha value is -1.30. The highest BCUT2D eigenvalue weighted by Crippen LogP contribution is 2.34. The first-order valence-electron chi connectivity index (χ1n) is 9.98. The molecule has 24 heavy (non-hydrogen) atoms.